The van der Waals surface area contributed by atoms with Crippen LogP contribution in [0.2, 0.25) is 0 Å². The zero-order valence-electron chi connectivity index (χ0n) is 54.9. The lowest BCUT2D eigenvalue weighted by Gasteiger charge is -2.18. The topological polar surface area (TPSA) is 78.9 Å². The molecule has 0 aromatic rings. The molecule has 0 aliphatic rings. The predicted molar refractivity (Wildman–Crippen MR) is 362 cm³/mol. The molecule has 0 saturated carbocycles. The average molecular weight is 1160 g/mol. The molecule has 0 N–H and O–H groups in total. The van der Waals surface area contributed by atoms with Gasteiger partial charge in [0.15, 0.2) is 6.10 Å². The van der Waals surface area contributed by atoms with Crippen molar-refractivity contribution >= 4 is 17.9 Å². The number of hydrogen-bond acceptors (Lipinski definition) is 6. The highest BCUT2D eigenvalue weighted by Crippen LogP contribution is 2.18. The maximum atomic E-state index is 13.0. The fourth-order valence-corrected chi connectivity index (χ4v) is 10.3. The fraction of sp³-hybridized carbons (Fsp3) is 0.753. The maximum absolute atomic E-state index is 13.0. The molecule has 0 aliphatic heterocycles. The first kappa shape index (κ1) is 79.3. The van der Waals surface area contributed by atoms with E-state index >= 15 is 0 Å². The van der Waals surface area contributed by atoms with Crippen molar-refractivity contribution in [1.82, 2.24) is 0 Å². The van der Waals surface area contributed by atoms with E-state index in [2.05, 4.69) is 118 Å². The van der Waals surface area contributed by atoms with Gasteiger partial charge in [-0.05, 0) is 83.5 Å². The second-order valence-corrected chi connectivity index (χ2v) is 23.8. The van der Waals surface area contributed by atoms with Crippen molar-refractivity contribution in [3.8, 4) is 0 Å². The highest BCUT2D eigenvalue weighted by molar-refractivity contribution is 5.71. The van der Waals surface area contributed by atoms with Crippen LogP contribution in [-0.4, -0.2) is 37.2 Å². The van der Waals surface area contributed by atoms with Gasteiger partial charge in [0, 0.05) is 19.3 Å². The number of carbonyl (C=O) groups excluding carboxylic acids is 3. The molecule has 0 amide bonds. The summed E-state index contributed by atoms with van der Waals surface area (Å²) in [6, 6.07) is 0. The third-order valence-electron chi connectivity index (χ3n) is 15.6. The Morgan fingerprint density at radius 2 is 0.470 bits per heavy atom. The molecule has 0 radical (unpaired) electrons. The summed E-state index contributed by atoms with van der Waals surface area (Å²) in [6.07, 6.45) is 95.7. The molecule has 6 heteroatoms. The van der Waals surface area contributed by atoms with Crippen LogP contribution in [0.5, 0.6) is 0 Å². The number of allylic oxidation sites excluding steroid dienone is 16. The maximum Gasteiger partial charge on any atom is 0.306 e. The van der Waals surface area contributed by atoms with Crippen molar-refractivity contribution in [1.29, 1.82) is 0 Å². The van der Waals surface area contributed by atoms with Gasteiger partial charge in [-0.3, -0.25) is 14.4 Å². The van der Waals surface area contributed by atoms with Gasteiger partial charge >= 0.3 is 17.9 Å². The van der Waals surface area contributed by atoms with E-state index in [4.69, 9.17) is 14.2 Å². The Hall–Kier alpha value is -3.67. The third-order valence-corrected chi connectivity index (χ3v) is 15.6. The molecule has 0 heterocycles. The Bertz CT molecular complexity index is 1610. The van der Waals surface area contributed by atoms with Crippen LogP contribution in [0.1, 0.15) is 355 Å². The molecule has 0 bridgehead atoms. The molecule has 0 aromatic heterocycles. The standard InChI is InChI=1S/C77H134O6/c1-4-7-10-13-16-19-22-25-28-31-33-35-36-37-38-39-40-42-43-46-49-52-55-58-61-64-67-70-76(79)82-73-74(72-81-75(78)69-66-63-60-57-54-51-48-45-30-27-24-21-18-15-12-9-6-3)83-77(80)71-68-65-62-59-56-53-50-47-44-41-34-32-29-26-23-20-17-14-11-8-5-2/h7,10,16,19,25,28,33,35,37-38,40,42,46,49,55,58,74H,4-6,8-9,11-15,17-18,20-24,26-27,29-32,34,36,39,41,43-45,47-48,50-54,56-57,59-73H2,1-3H3/b10-7-,19-16-,28-25-,35-33-,38-37-,42-40-,49-46-,58-55-. The van der Waals surface area contributed by atoms with Crippen molar-refractivity contribution in [2.45, 2.75) is 361 Å². The molecule has 0 saturated heterocycles. The summed E-state index contributed by atoms with van der Waals surface area (Å²) in [4.78, 5) is 38.5. The Kier molecular flexibility index (Phi) is 67.7. The van der Waals surface area contributed by atoms with E-state index in [1.54, 1.807) is 0 Å². The Morgan fingerprint density at radius 3 is 0.735 bits per heavy atom. The Balaban J connectivity index is 4.42. The number of ether oxygens (including phenoxy) is 3. The molecule has 0 fully saturated rings. The second-order valence-electron chi connectivity index (χ2n) is 23.8. The minimum Gasteiger partial charge on any atom is -0.462 e. The van der Waals surface area contributed by atoms with Crippen LogP contribution in [0.4, 0.5) is 0 Å². The molecular weight excluding hydrogens is 1020 g/mol. The van der Waals surface area contributed by atoms with Crippen LogP contribution in [0.15, 0.2) is 97.2 Å². The van der Waals surface area contributed by atoms with Gasteiger partial charge in [0.05, 0.1) is 0 Å². The zero-order valence-corrected chi connectivity index (χ0v) is 54.9. The first-order valence-electron chi connectivity index (χ1n) is 35.7. The number of carbonyl (C=O) groups is 3. The Morgan fingerprint density at radius 1 is 0.253 bits per heavy atom. The summed E-state index contributed by atoms with van der Waals surface area (Å²) in [6.45, 7) is 6.55. The van der Waals surface area contributed by atoms with Gasteiger partial charge in [0.2, 0.25) is 0 Å². The van der Waals surface area contributed by atoms with Crippen molar-refractivity contribution < 1.29 is 28.6 Å². The van der Waals surface area contributed by atoms with Gasteiger partial charge in [-0.1, -0.05) is 349 Å². The lowest BCUT2D eigenvalue weighted by molar-refractivity contribution is -0.167. The summed E-state index contributed by atoms with van der Waals surface area (Å²) >= 11 is 0. The van der Waals surface area contributed by atoms with Gasteiger partial charge in [-0.15, -0.1) is 0 Å². The van der Waals surface area contributed by atoms with Crippen molar-refractivity contribution in [2.24, 2.45) is 0 Å². The quantitative estimate of drug-likeness (QED) is 0.0261. The van der Waals surface area contributed by atoms with Crippen LogP contribution >= 0.6 is 0 Å². The smallest absolute Gasteiger partial charge is 0.306 e. The average Bonchev–Trinajstić information content (AvgIpc) is 3.49. The molecule has 0 rings (SSSR count). The van der Waals surface area contributed by atoms with E-state index in [0.29, 0.717) is 19.3 Å². The molecule has 0 aromatic carbocycles. The number of unbranched alkanes of at least 4 members (excludes halogenated alkanes) is 38. The van der Waals surface area contributed by atoms with Gasteiger partial charge in [-0.2, -0.15) is 0 Å². The summed E-state index contributed by atoms with van der Waals surface area (Å²) in [5.41, 5.74) is 0. The lowest BCUT2D eigenvalue weighted by atomic mass is 10.0. The number of esters is 3. The monoisotopic (exact) mass is 1160 g/mol. The van der Waals surface area contributed by atoms with E-state index in [1.165, 1.54) is 205 Å². The molecular formula is C77H134O6. The Labute approximate surface area is 515 Å². The van der Waals surface area contributed by atoms with Crippen LogP contribution in [0.25, 0.3) is 0 Å². The largest absolute Gasteiger partial charge is 0.462 e. The first-order valence-corrected chi connectivity index (χ1v) is 35.7. The van der Waals surface area contributed by atoms with Crippen molar-refractivity contribution in [2.75, 3.05) is 13.2 Å². The first-order chi connectivity index (χ1) is 41.0. The minimum atomic E-state index is -0.795. The summed E-state index contributed by atoms with van der Waals surface area (Å²) in [5.74, 6) is -0.911. The van der Waals surface area contributed by atoms with Gasteiger partial charge in [0.25, 0.3) is 0 Å². The molecule has 6 nitrogen and oxygen atoms in total. The third kappa shape index (κ3) is 69.0. The van der Waals surface area contributed by atoms with E-state index in [-0.39, 0.29) is 31.1 Å². The van der Waals surface area contributed by atoms with Gasteiger partial charge in [-0.25, -0.2) is 0 Å². The van der Waals surface area contributed by atoms with Crippen LogP contribution < -0.4 is 0 Å². The lowest BCUT2D eigenvalue weighted by Crippen LogP contribution is -2.30. The van der Waals surface area contributed by atoms with E-state index in [9.17, 15) is 14.4 Å². The molecule has 1 unspecified atom stereocenters. The predicted octanol–water partition coefficient (Wildman–Crippen LogP) is 24.8. The highest BCUT2D eigenvalue weighted by atomic mass is 16.6. The molecule has 1 atom stereocenters. The summed E-state index contributed by atoms with van der Waals surface area (Å²) in [5, 5.41) is 0. The van der Waals surface area contributed by atoms with Crippen molar-refractivity contribution in [3.05, 3.63) is 97.2 Å². The van der Waals surface area contributed by atoms with Gasteiger partial charge in [0.1, 0.15) is 13.2 Å². The molecule has 83 heavy (non-hydrogen) atoms. The molecule has 0 aliphatic carbocycles. The van der Waals surface area contributed by atoms with Gasteiger partial charge < -0.3 is 14.2 Å². The van der Waals surface area contributed by atoms with E-state index < -0.39 is 6.10 Å². The zero-order chi connectivity index (χ0) is 59.9. The summed E-state index contributed by atoms with van der Waals surface area (Å²) < 4.78 is 17.0. The highest BCUT2D eigenvalue weighted by Gasteiger charge is 2.19. The van der Waals surface area contributed by atoms with E-state index in [0.717, 1.165) is 109 Å². The fourth-order valence-electron chi connectivity index (χ4n) is 10.3. The summed E-state index contributed by atoms with van der Waals surface area (Å²) in [7, 11) is 0. The normalized spacial score (nSPS) is 12.7. The van der Waals surface area contributed by atoms with Crippen LogP contribution in [0.3, 0.4) is 0 Å². The number of hydrogen-bond donors (Lipinski definition) is 0. The molecule has 478 valence electrons. The van der Waals surface area contributed by atoms with Crippen LogP contribution in [0, 0.1) is 0 Å². The van der Waals surface area contributed by atoms with Crippen LogP contribution in [-0.2, 0) is 28.6 Å². The number of rotatable bonds is 65. The second kappa shape index (κ2) is 70.8. The van der Waals surface area contributed by atoms with Crippen molar-refractivity contribution in [3.63, 3.8) is 0 Å². The molecule has 0 spiro atoms. The minimum absolute atomic E-state index is 0.0866. The SMILES string of the molecule is CC/C=C\C/C=C\C/C=C\C/C=C\C/C=C\C/C=C\C/C=C\C/C=C\CCCCC(=O)OCC(COC(=O)CCCCCCCCCCCCCCCCCCC)OC(=O)CCCCCCCCCCCCCCCCCCCCCCC. The van der Waals surface area contributed by atoms with E-state index in [1.807, 2.05) is 0 Å².